The van der Waals surface area contributed by atoms with Crippen LogP contribution in [0, 0.1) is 0 Å². The van der Waals surface area contributed by atoms with Gasteiger partial charge >= 0.3 is 0 Å². The number of rotatable bonds is 3. The summed E-state index contributed by atoms with van der Waals surface area (Å²) in [5.74, 6) is 0. The molecule has 1 aliphatic rings. The number of nitrogens with one attached hydrogen (secondary N) is 1. The van der Waals surface area contributed by atoms with Gasteiger partial charge in [0.25, 0.3) is 0 Å². The Kier molecular flexibility index (Phi) is 1.92. The maximum atomic E-state index is 4.25. The van der Waals surface area contributed by atoms with E-state index >= 15 is 0 Å². The average Bonchev–Trinajstić information content (AvgIpc) is 2.67. The first-order valence-corrected chi connectivity index (χ1v) is 4.89. The van der Waals surface area contributed by atoms with Gasteiger partial charge in [-0.15, -0.1) is 11.3 Å². The maximum absolute atomic E-state index is 4.25. The van der Waals surface area contributed by atoms with E-state index in [4.69, 9.17) is 0 Å². The van der Waals surface area contributed by atoms with Crippen LogP contribution in [0.3, 0.4) is 0 Å². The van der Waals surface area contributed by atoms with Gasteiger partial charge in [0, 0.05) is 17.6 Å². The molecule has 0 spiro atoms. The molecule has 1 heterocycles. The molecule has 2 nitrogen and oxygen atoms in total. The van der Waals surface area contributed by atoms with Crippen molar-refractivity contribution in [1.29, 1.82) is 0 Å². The highest BCUT2D eigenvalue weighted by Gasteiger charge is 2.23. The highest BCUT2D eigenvalue weighted by atomic mass is 32.1. The van der Waals surface area contributed by atoms with Crippen molar-refractivity contribution in [2.75, 3.05) is 0 Å². The van der Waals surface area contributed by atoms with Gasteiger partial charge in [-0.25, -0.2) is 4.98 Å². The van der Waals surface area contributed by atoms with Gasteiger partial charge in [0.2, 0.25) is 0 Å². The Morgan fingerprint density at radius 2 is 2.55 bits per heavy atom. The third-order valence-corrected chi connectivity index (χ3v) is 2.84. The first kappa shape index (κ1) is 7.25. The Morgan fingerprint density at radius 1 is 1.73 bits per heavy atom. The fourth-order valence-corrected chi connectivity index (χ4v) is 1.78. The largest absolute Gasteiger partial charge is 0.305 e. The van der Waals surface area contributed by atoms with Crippen molar-refractivity contribution in [1.82, 2.24) is 10.3 Å². The first-order chi connectivity index (χ1) is 5.36. The minimum Gasteiger partial charge on any atom is -0.305 e. The number of thiazole rings is 1. The molecule has 1 aromatic heterocycles. The van der Waals surface area contributed by atoms with Gasteiger partial charge < -0.3 is 5.32 Å². The van der Waals surface area contributed by atoms with E-state index in [1.807, 2.05) is 11.6 Å². The summed E-state index contributed by atoms with van der Waals surface area (Å²) < 4.78 is 0. The van der Waals surface area contributed by atoms with Crippen molar-refractivity contribution in [2.24, 2.45) is 0 Å². The molecule has 11 heavy (non-hydrogen) atoms. The van der Waals surface area contributed by atoms with Gasteiger partial charge in [-0.3, -0.25) is 0 Å². The highest BCUT2D eigenvalue weighted by Crippen LogP contribution is 2.24. The van der Waals surface area contributed by atoms with E-state index in [9.17, 15) is 0 Å². The molecule has 0 bridgehead atoms. The minimum atomic E-state index is 0.447. The molecule has 1 unspecified atom stereocenters. The molecule has 0 saturated heterocycles. The molecule has 1 aliphatic carbocycles. The lowest BCUT2D eigenvalue weighted by atomic mass is 10.3. The van der Waals surface area contributed by atoms with Crippen molar-refractivity contribution in [3.8, 4) is 0 Å². The zero-order valence-corrected chi connectivity index (χ0v) is 7.40. The van der Waals surface area contributed by atoms with E-state index in [2.05, 4.69) is 17.2 Å². The topological polar surface area (TPSA) is 24.9 Å². The zero-order chi connectivity index (χ0) is 7.68. The first-order valence-electron chi connectivity index (χ1n) is 4.01. The van der Waals surface area contributed by atoms with Crippen LogP contribution < -0.4 is 5.32 Å². The van der Waals surface area contributed by atoms with E-state index in [0.717, 1.165) is 6.04 Å². The van der Waals surface area contributed by atoms with Gasteiger partial charge in [-0.2, -0.15) is 0 Å². The standard InChI is InChI=1S/C8H12N2S/c1-6(10-7-2-3-7)8-9-4-5-11-8/h4-7,10H,2-3H2,1H3. The third-order valence-electron chi connectivity index (χ3n) is 1.88. The summed E-state index contributed by atoms with van der Waals surface area (Å²) in [5.41, 5.74) is 0. The van der Waals surface area contributed by atoms with Crippen LogP contribution in [0.5, 0.6) is 0 Å². The Hall–Kier alpha value is -0.410. The fraction of sp³-hybridized carbons (Fsp3) is 0.625. The van der Waals surface area contributed by atoms with Crippen LogP contribution in [0.25, 0.3) is 0 Å². The Bertz CT molecular complexity index is 216. The van der Waals surface area contributed by atoms with E-state index in [0.29, 0.717) is 6.04 Å². The molecular weight excluding hydrogens is 156 g/mol. The zero-order valence-electron chi connectivity index (χ0n) is 6.58. The second-order valence-electron chi connectivity index (χ2n) is 3.03. The molecule has 3 heteroatoms. The summed E-state index contributed by atoms with van der Waals surface area (Å²) in [7, 11) is 0. The fourth-order valence-electron chi connectivity index (χ4n) is 1.12. The van der Waals surface area contributed by atoms with Crippen LogP contribution in [-0.2, 0) is 0 Å². The molecule has 1 saturated carbocycles. The second kappa shape index (κ2) is 2.91. The van der Waals surface area contributed by atoms with E-state index < -0.39 is 0 Å². The lowest BCUT2D eigenvalue weighted by Gasteiger charge is -2.08. The lowest BCUT2D eigenvalue weighted by molar-refractivity contribution is 0.568. The van der Waals surface area contributed by atoms with Gasteiger partial charge in [-0.05, 0) is 19.8 Å². The average molecular weight is 168 g/mol. The van der Waals surface area contributed by atoms with Crippen LogP contribution in [0.15, 0.2) is 11.6 Å². The predicted octanol–water partition coefficient (Wildman–Crippen LogP) is 1.96. The van der Waals surface area contributed by atoms with Crippen LogP contribution >= 0.6 is 11.3 Å². The summed E-state index contributed by atoms with van der Waals surface area (Å²) in [5, 5.41) is 6.74. The Labute approximate surface area is 70.7 Å². The van der Waals surface area contributed by atoms with Crippen LogP contribution in [-0.4, -0.2) is 11.0 Å². The van der Waals surface area contributed by atoms with Crippen molar-refractivity contribution in [3.05, 3.63) is 16.6 Å². The number of aromatic nitrogens is 1. The Balaban J connectivity index is 1.93. The SMILES string of the molecule is CC(NC1CC1)c1nccs1. The lowest BCUT2D eigenvalue weighted by Crippen LogP contribution is -2.20. The van der Waals surface area contributed by atoms with E-state index in [1.54, 1.807) is 11.3 Å². The summed E-state index contributed by atoms with van der Waals surface area (Å²) in [4.78, 5) is 4.25. The number of hydrogen-bond acceptors (Lipinski definition) is 3. The van der Waals surface area contributed by atoms with Gasteiger partial charge in [-0.1, -0.05) is 0 Å². The maximum Gasteiger partial charge on any atom is 0.109 e. The normalized spacial score (nSPS) is 20.1. The minimum absolute atomic E-state index is 0.447. The highest BCUT2D eigenvalue weighted by molar-refractivity contribution is 7.09. The van der Waals surface area contributed by atoms with Gasteiger partial charge in [0.15, 0.2) is 0 Å². The number of hydrogen-bond donors (Lipinski definition) is 1. The molecule has 0 radical (unpaired) electrons. The molecule has 2 rings (SSSR count). The smallest absolute Gasteiger partial charge is 0.109 e. The summed E-state index contributed by atoms with van der Waals surface area (Å²) >= 11 is 1.73. The molecule has 0 aromatic carbocycles. The molecule has 1 fully saturated rings. The van der Waals surface area contributed by atoms with Crippen molar-refractivity contribution < 1.29 is 0 Å². The summed E-state index contributed by atoms with van der Waals surface area (Å²) in [6, 6.07) is 1.22. The Morgan fingerprint density at radius 3 is 3.09 bits per heavy atom. The molecule has 0 aliphatic heterocycles. The second-order valence-corrected chi connectivity index (χ2v) is 3.96. The molecule has 60 valence electrons. The molecular formula is C8H12N2S. The van der Waals surface area contributed by atoms with Crippen LogP contribution in [0.2, 0.25) is 0 Å². The van der Waals surface area contributed by atoms with Crippen LogP contribution in [0.4, 0.5) is 0 Å². The summed E-state index contributed by atoms with van der Waals surface area (Å²) in [6.45, 7) is 2.18. The van der Waals surface area contributed by atoms with Crippen molar-refractivity contribution in [2.45, 2.75) is 31.8 Å². The van der Waals surface area contributed by atoms with E-state index in [-0.39, 0.29) is 0 Å². The molecule has 1 aromatic rings. The van der Waals surface area contributed by atoms with Crippen molar-refractivity contribution >= 4 is 11.3 Å². The van der Waals surface area contributed by atoms with Crippen LogP contribution in [0.1, 0.15) is 30.8 Å². The number of nitrogens with zero attached hydrogens (tertiary/aromatic N) is 1. The van der Waals surface area contributed by atoms with Gasteiger partial charge in [0.05, 0.1) is 6.04 Å². The third kappa shape index (κ3) is 1.79. The molecule has 0 amide bonds. The predicted molar refractivity (Wildman–Crippen MR) is 46.7 cm³/mol. The van der Waals surface area contributed by atoms with Crippen molar-refractivity contribution in [3.63, 3.8) is 0 Å². The monoisotopic (exact) mass is 168 g/mol. The molecule has 1 N–H and O–H groups in total. The van der Waals surface area contributed by atoms with Gasteiger partial charge in [0.1, 0.15) is 5.01 Å². The quantitative estimate of drug-likeness (QED) is 0.746. The van der Waals surface area contributed by atoms with E-state index in [1.165, 1.54) is 17.8 Å². The molecule has 1 atom stereocenters. The summed E-state index contributed by atoms with van der Waals surface area (Å²) in [6.07, 6.45) is 4.55.